The summed E-state index contributed by atoms with van der Waals surface area (Å²) in [5, 5.41) is 10.9. The fraction of sp³-hybridized carbons (Fsp3) is 0.125. The maximum absolute atomic E-state index is 12.8. The largest absolute Gasteiger partial charge is 0.508 e. The molecular formula is C24H21NO2. The van der Waals surface area contributed by atoms with Crippen LogP contribution in [-0.2, 0) is 16.6 Å². The Morgan fingerprint density at radius 2 is 1.52 bits per heavy atom. The lowest BCUT2D eigenvalue weighted by atomic mass is 9.71. The molecule has 0 unspecified atom stereocenters. The summed E-state index contributed by atoms with van der Waals surface area (Å²) < 4.78 is 0. The van der Waals surface area contributed by atoms with Crippen molar-refractivity contribution in [3.05, 3.63) is 101 Å². The molecule has 0 aliphatic heterocycles. The van der Waals surface area contributed by atoms with Gasteiger partial charge < -0.3 is 14.9 Å². The predicted octanol–water partition coefficient (Wildman–Crippen LogP) is 4.97. The topological polar surface area (TPSA) is 53.1 Å². The molecule has 1 atom stereocenters. The summed E-state index contributed by atoms with van der Waals surface area (Å²) in [7, 11) is 0. The van der Waals surface area contributed by atoms with E-state index in [2.05, 4.69) is 18.0 Å². The molecule has 3 aromatic carbocycles. The maximum Gasteiger partial charge on any atom is 0.140 e. The number of H-pyrrole nitrogens is 1. The Balaban J connectivity index is 2.11. The number of rotatable bonds is 5. The van der Waals surface area contributed by atoms with Crippen molar-refractivity contribution in [3.63, 3.8) is 0 Å². The summed E-state index contributed by atoms with van der Waals surface area (Å²) in [4.78, 5) is 16.3. The average molecular weight is 355 g/mol. The summed E-state index contributed by atoms with van der Waals surface area (Å²) in [6, 6.07) is 24.8. The van der Waals surface area contributed by atoms with Gasteiger partial charge in [-0.1, -0.05) is 67.6 Å². The summed E-state index contributed by atoms with van der Waals surface area (Å²) in [5.41, 5.74) is 3.78. The van der Waals surface area contributed by atoms with Crippen LogP contribution in [0.25, 0.3) is 10.9 Å². The minimum absolute atomic E-state index is 0.180. The van der Waals surface area contributed by atoms with Gasteiger partial charge in [0.25, 0.3) is 0 Å². The molecule has 2 N–H and O–H groups in total. The number of phenols is 1. The fourth-order valence-electron chi connectivity index (χ4n) is 3.98. The highest BCUT2D eigenvalue weighted by Crippen LogP contribution is 2.41. The number of hydrogen-bond donors (Lipinski definition) is 2. The molecule has 1 heterocycles. The van der Waals surface area contributed by atoms with E-state index in [9.17, 15) is 9.90 Å². The Kier molecular flexibility index (Phi) is 4.28. The van der Waals surface area contributed by atoms with Crippen LogP contribution in [0.2, 0.25) is 0 Å². The van der Waals surface area contributed by atoms with Gasteiger partial charge in [0.15, 0.2) is 0 Å². The van der Waals surface area contributed by atoms with Crippen LogP contribution in [0.5, 0.6) is 5.75 Å². The number of aryl methyl sites for hydroxylation is 1. The first-order chi connectivity index (χ1) is 13.2. The fourth-order valence-corrected chi connectivity index (χ4v) is 3.98. The summed E-state index contributed by atoms with van der Waals surface area (Å²) in [5.74, 6) is 0.180. The molecule has 0 saturated carbocycles. The van der Waals surface area contributed by atoms with E-state index in [1.807, 2.05) is 60.7 Å². The summed E-state index contributed by atoms with van der Waals surface area (Å²) in [6.07, 6.45) is 1.82. The number of para-hydroxylation sites is 1. The number of hydrogen-bond acceptors (Lipinski definition) is 2. The number of aromatic amines is 1. The Hall–Kier alpha value is -3.33. The molecule has 0 aliphatic carbocycles. The first kappa shape index (κ1) is 17.1. The molecule has 0 aliphatic rings. The van der Waals surface area contributed by atoms with Gasteiger partial charge in [-0.3, -0.25) is 0 Å². The van der Waals surface area contributed by atoms with Crippen LogP contribution in [-0.4, -0.2) is 16.4 Å². The van der Waals surface area contributed by atoms with E-state index in [4.69, 9.17) is 0 Å². The van der Waals surface area contributed by atoms with Crippen LogP contribution in [0.1, 0.15) is 29.3 Å². The van der Waals surface area contributed by atoms with Gasteiger partial charge in [-0.25, -0.2) is 0 Å². The van der Waals surface area contributed by atoms with E-state index in [0.29, 0.717) is 0 Å². The zero-order chi connectivity index (χ0) is 18.9. The molecule has 3 heteroatoms. The summed E-state index contributed by atoms with van der Waals surface area (Å²) >= 11 is 0. The minimum Gasteiger partial charge on any atom is -0.508 e. The van der Waals surface area contributed by atoms with Crippen LogP contribution < -0.4 is 0 Å². The first-order valence-electron chi connectivity index (χ1n) is 9.12. The second-order valence-electron chi connectivity index (χ2n) is 6.72. The number of carbonyl (C=O) groups excluding carboxylic acids is 1. The van der Waals surface area contributed by atoms with Crippen LogP contribution in [0.4, 0.5) is 0 Å². The molecule has 0 radical (unpaired) electrons. The smallest absolute Gasteiger partial charge is 0.140 e. The van der Waals surface area contributed by atoms with Gasteiger partial charge in [0.2, 0.25) is 0 Å². The van der Waals surface area contributed by atoms with E-state index >= 15 is 0 Å². The number of carbonyl (C=O) groups is 1. The zero-order valence-electron chi connectivity index (χ0n) is 15.1. The molecular weight excluding hydrogens is 334 g/mol. The molecule has 3 nitrogen and oxygen atoms in total. The van der Waals surface area contributed by atoms with E-state index < -0.39 is 5.41 Å². The van der Waals surface area contributed by atoms with Crippen molar-refractivity contribution in [2.45, 2.75) is 18.8 Å². The molecule has 0 spiro atoms. The molecule has 27 heavy (non-hydrogen) atoms. The SMILES string of the molecule is CCc1c([C@](C=O)(c2ccccc2)c2ccc(O)cc2)[nH]c2ccccc12. The van der Waals surface area contributed by atoms with Crippen molar-refractivity contribution in [2.75, 3.05) is 0 Å². The second kappa shape index (κ2) is 6.76. The number of aldehydes is 1. The van der Waals surface area contributed by atoms with Gasteiger partial charge in [-0.2, -0.15) is 0 Å². The van der Waals surface area contributed by atoms with Gasteiger partial charge in [0.05, 0.1) is 0 Å². The third kappa shape index (κ3) is 2.63. The number of aromatic nitrogens is 1. The van der Waals surface area contributed by atoms with Crippen molar-refractivity contribution in [1.82, 2.24) is 4.98 Å². The third-order valence-electron chi connectivity index (χ3n) is 5.29. The number of nitrogens with one attached hydrogen (secondary N) is 1. The van der Waals surface area contributed by atoms with E-state index in [0.717, 1.165) is 46.0 Å². The van der Waals surface area contributed by atoms with Crippen molar-refractivity contribution in [1.29, 1.82) is 0 Å². The minimum atomic E-state index is -0.973. The number of aromatic hydroxyl groups is 1. The third-order valence-corrected chi connectivity index (χ3v) is 5.29. The van der Waals surface area contributed by atoms with Crippen LogP contribution >= 0.6 is 0 Å². The Bertz CT molecular complexity index is 1080. The molecule has 0 saturated heterocycles. The van der Waals surface area contributed by atoms with Crippen LogP contribution in [0.15, 0.2) is 78.9 Å². The van der Waals surface area contributed by atoms with Gasteiger partial charge in [0.1, 0.15) is 17.5 Å². The predicted molar refractivity (Wildman–Crippen MR) is 108 cm³/mol. The quantitative estimate of drug-likeness (QED) is 0.497. The van der Waals surface area contributed by atoms with Gasteiger partial charge >= 0.3 is 0 Å². The Labute approximate surface area is 158 Å². The maximum atomic E-state index is 12.8. The summed E-state index contributed by atoms with van der Waals surface area (Å²) in [6.45, 7) is 2.11. The van der Waals surface area contributed by atoms with Crippen molar-refractivity contribution >= 4 is 17.2 Å². The number of fused-ring (bicyclic) bond motifs is 1. The lowest BCUT2D eigenvalue weighted by Gasteiger charge is -2.30. The Morgan fingerprint density at radius 1 is 0.889 bits per heavy atom. The van der Waals surface area contributed by atoms with Crippen LogP contribution in [0.3, 0.4) is 0 Å². The van der Waals surface area contributed by atoms with E-state index in [-0.39, 0.29) is 5.75 Å². The van der Waals surface area contributed by atoms with Crippen molar-refractivity contribution in [2.24, 2.45) is 0 Å². The lowest BCUT2D eigenvalue weighted by molar-refractivity contribution is -0.110. The lowest BCUT2D eigenvalue weighted by Crippen LogP contribution is -2.32. The van der Waals surface area contributed by atoms with Gasteiger partial charge in [-0.05, 0) is 41.3 Å². The molecule has 1 aromatic heterocycles. The highest BCUT2D eigenvalue weighted by molar-refractivity contribution is 5.90. The molecule has 0 bridgehead atoms. The zero-order valence-corrected chi connectivity index (χ0v) is 15.1. The van der Waals surface area contributed by atoms with Gasteiger partial charge in [-0.15, -0.1) is 0 Å². The molecule has 4 rings (SSSR count). The highest BCUT2D eigenvalue weighted by Gasteiger charge is 2.39. The van der Waals surface area contributed by atoms with E-state index in [1.165, 1.54) is 0 Å². The molecule has 0 fully saturated rings. The van der Waals surface area contributed by atoms with Gasteiger partial charge in [0, 0.05) is 16.6 Å². The van der Waals surface area contributed by atoms with Crippen LogP contribution in [0, 0.1) is 0 Å². The molecule has 4 aromatic rings. The van der Waals surface area contributed by atoms with Crippen molar-refractivity contribution in [3.8, 4) is 5.75 Å². The highest BCUT2D eigenvalue weighted by atomic mass is 16.3. The van der Waals surface area contributed by atoms with E-state index in [1.54, 1.807) is 12.1 Å². The first-order valence-corrected chi connectivity index (χ1v) is 9.12. The molecule has 0 amide bonds. The second-order valence-corrected chi connectivity index (χ2v) is 6.72. The van der Waals surface area contributed by atoms with Crippen molar-refractivity contribution < 1.29 is 9.90 Å². The standard InChI is InChI=1S/C24H21NO2/c1-2-20-21-10-6-7-11-22(21)25-23(20)24(16-26,17-8-4-3-5-9-17)18-12-14-19(27)15-13-18/h3-16,25,27H,2H2,1H3/t24-/m1/s1. The number of phenolic OH excluding ortho intramolecular Hbond substituents is 1. The number of benzene rings is 3. The monoisotopic (exact) mass is 355 g/mol. The average Bonchev–Trinajstić information content (AvgIpc) is 3.10. The Morgan fingerprint density at radius 3 is 2.19 bits per heavy atom. The normalized spacial score (nSPS) is 13.4. The molecule has 134 valence electrons.